The monoisotopic (exact) mass is 282 g/mol. The van der Waals surface area contributed by atoms with Gasteiger partial charge in [0, 0.05) is 0 Å². The average Bonchev–Trinajstić information content (AvgIpc) is 2.52. The maximum Gasteiger partial charge on any atom is 0.311 e. The Bertz CT molecular complexity index is 588. The molecule has 0 amide bonds. The maximum atomic E-state index is 11.2. The van der Waals surface area contributed by atoms with Crippen LogP contribution in [-0.4, -0.2) is 11.1 Å². The van der Waals surface area contributed by atoms with Gasteiger partial charge in [-0.05, 0) is 29.7 Å². The van der Waals surface area contributed by atoms with Gasteiger partial charge in [-0.1, -0.05) is 48.5 Å². The van der Waals surface area contributed by atoms with Gasteiger partial charge in [0.05, 0.1) is 5.92 Å². The molecule has 0 bridgehead atoms. The zero-order chi connectivity index (χ0) is 15.1. The minimum absolute atomic E-state index is 0.416. The predicted octanol–water partition coefficient (Wildman–Crippen LogP) is 4.01. The molecule has 0 fully saturated rings. The molecule has 108 valence electrons. The highest BCUT2D eigenvalue weighted by Gasteiger charge is 2.17. The van der Waals surface area contributed by atoms with Crippen LogP contribution in [0.3, 0.4) is 0 Å². The van der Waals surface area contributed by atoms with Gasteiger partial charge in [0.1, 0.15) is 12.4 Å². The molecule has 0 aliphatic carbocycles. The van der Waals surface area contributed by atoms with E-state index in [0.717, 1.165) is 16.9 Å². The van der Waals surface area contributed by atoms with Gasteiger partial charge in [0.15, 0.2) is 0 Å². The standard InChI is InChI=1S/C18H18O3/c1-2-6-17(18(19)20)15-9-11-16(12-10-15)21-13-14-7-4-3-5-8-14/h2-5,7-12,17H,1,6,13H2,(H,19,20). The first-order chi connectivity index (χ1) is 10.2. The van der Waals surface area contributed by atoms with Crippen LogP contribution in [0, 0.1) is 0 Å². The van der Waals surface area contributed by atoms with Crippen molar-refractivity contribution in [2.75, 3.05) is 0 Å². The van der Waals surface area contributed by atoms with E-state index in [0.29, 0.717) is 13.0 Å². The van der Waals surface area contributed by atoms with E-state index in [1.54, 1.807) is 30.3 Å². The van der Waals surface area contributed by atoms with Gasteiger partial charge in [-0.3, -0.25) is 4.79 Å². The number of hydrogen-bond acceptors (Lipinski definition) is 2. The Labute approximate surface area is 124 Å². The molecule has 1 N–H and O–H groups in total. The zero-order valence-corrected chi connectivity index (χ0v) is 11.7. The lowest BCUT2D eigenvalue weighted by Gasteiger charge is -2.12. The van der Waals surface area contributed by atoms with Crippen molar-refractivity contribution >= 4 is 5.97 Å². The summed E-state index contributed by atoms with van der Waals surface area (Å²) in [5.41, 5.74) is 1.85. The molecule has 3 nitrogen and oxygen atoms in total. The van der Waals surface area contributed by atoms with Gasteiger partial charge in [0.25, 0.3) is 0 Å². The SMILES string of the molecule is C=CCC(C(=O)O)c1ccc(OCc2ccccc2)cc1. The number of carbonyl (C=O) groups is 1. The van der Waals surface area contributed by atoms with E-state index in [-0.39, 0.29) is 0 Å². The van der Waals surface area contributed by atoms with E-state index in [4.69, 9.17) is 4.74 Å². The quantitative estimate of drug-likeness (QED) is 0.780. The van der Waals surface area contributed by atoms with Crippen LogP contribution < -0.4 is 4.74 Å². The summed E-state index contributed by atoms with van der Waals surface area (Å²) in [6.07, 6.45) is 2.04. The van der Waals surface area contributed by atoms with Crippen molar-refractivity contribution in [1.82, 2.24) is 0 Å². The highest BCUT2D eigenvalue weighted by Crippen LogP contribution is 2.23. The minimum atomic E-state index is -0.840. The van der Waals surface area contributed by atoms with Gasteiger partial charge < -0.3 is 9.84 Å². The first kappa shape index (κ1) is 14.9. The molecule has 0 heterocycles. The van der Waals surface area contributed by atoms with Crippen LogP contribution >= 0.6 is 0 Å². The Hall–Kier alpha value is -2.55. The highest BCUT2D eigenvalue weighted by molar-refractivity contribution is 5.76. The summed E-state index contributed by atoms with van der Waals surface area (Å²) in [4.78, 5) is 11.2. The van der Waals surface area contributed by atoms with Gasteiger partial charge in [-0.25, -0.2) is 0 Å². The molecule has 1 unspecified atom stereocenters. The van der Waals surface area contributed by atoms with Crippen LogP contribution in [0.25, 0.3) is 0 Å². The van der Waals surface area contributed by atoms with E-state index in [9.17, 15) is 9.90 Å². The van der Waals surface area contributed by atoms with Crippen LogP contribution in [0.5, 0.6) is 5.75 Å². The normalized spacial score (nSPS) is 11.6. The van der Waals surface area contributed by atoms with E-state index >= 15 is 0 Å². The van der Waals surface area contributed by atoms with Crippen molar-refractivity contribution in [3.05, 3.63) is 78.4 Å². The second kappa shape index (κ2) is 7.29. The van der Waals surface area contributed by atoms with Crippen molar-refractivity contribution in [3.63, 3.8) is 0 Å². The molecule has 3 heteroatoms. The predicted molar refractivity (Wildman–Crippen MR) is 82.4 cm³/mol. The third kappa shape index (κ3) is 4.21. The average molecular weight is 282 g/mol. The fraction of sp³-hybridized carbons (Fsp3) is 0.167. The lowest BCUT2D eigenvalue weighted by molar-refractivity contribution is -0.138. The van der Waals surface area contributed by atoms with E-state index in [2.05, 4.69) is 6.58 Å². The molecular weight excluding hydrogens is 264 g/mol. The summed E-state index contributed by atoms with van der Waals surface area (Å²) in [7, 11) is 0. The molecular formula is C18H18O3. The van der Waals surface area contributed by atoms with Crippen LogP contribution in [0.1, 0.15) is 23.5 Å². The van der Waals surface area contributed by atoms with Crippen molar-refractivity contribution in [2.24, 2.45) is 0 Å². The Kier molecular flexibility index (Phi) is 5.16. The second-order valence-corrected chi connectivity index (χ2v) is 4.76. The number of carboxylic acid groups (broad SMARTS) is 1. The summed E-state index contributed by atoms with van der Waals surface area (Å²) in [5, 5.41) is 9.20. The number of rotatable bonds is 7. The summed E-state index contributed by atoms with van der Waals surface area (Å²) in [5.74, 6) is -0.663. The lowest BCUT2D eigenvalue weighted by Crippen LogP contribution is -2.10. The number of aliphatic carboxylic acids is 1. The maximum absolute atomic E-state index is 11.2. The topological polar surface area (TPSA) is 46.5 Å². The largest absolute Gasteiger partial charge is 0.489 e. The number of allylic oxidation sites excluding steroid dienone is 1. The fourth-order valence-electron chi connectivity index (χ4n) is 2.08. The number of ether oxygens (including phenoxy) is 1. The summed E-state index contributed by atoms with van der Waals surface area (Å²) >= 11 is 0. The number of carboxylic acids is 1. The Morgan fingerprint density at radius 3 is 2.38 bits per heavy atom. The van der Waals surface area contributed by atoms with Crippen molar-refractivity contribution in [3.8, 4) is 5.75 Å². The smallest absolute Gasteiger partial charge is 0.311 e. The fourth-order valence-corrected chi connectivity index (χ4v) is 2.08. The third-order valence-corrected chi connectivity index (χ3v) is 3.23. The molecule has 0 aromatic heterocycles. The molecule has 0 radical (unpaired) electrons. The Morgan fingerprint density at radius 1 is 1.14 bits per heavy atom. The number of hydrogen-bond donors (Lipinski definition) is 1. The van der Waals surface area contributed by atoms with Crippen molar-refractivity contribution < 1.29 is 14.6 Å². The minimum Gasteiger partial charge on any atom is -0.489 e. The highest BCUT2D eigenvalue weighted by atomic mass is 16.5. The molecule has 2 aromatic carbocycles. The molecule has 2 rings (SSSR count). The molecule has 0 aliphatic rings. The van der Waals surface area contributed by atoms with Crippen LogP contribution in [0.2, 0.25) is 0 Å². The Morgan fingerprint density at radius 2 is 1.81 bits per heavy atom. The van der Waals surface area contributed by atoms with E-state index < -0.39 is 11.9 Å². The van der Waals surface area contributed by atoms with Gasteiger partial charge in [0.2, 0.25) is 0 Å². The van der Waals surface area contributed by atoms with Gasteiger partial charge in [-0.2, -0.15) is 0 Å². The van der Waals surface area contributed by atoms with Crippen LogP contribution in [-0.2, 0) is 11.4 Å². The summed E-state index contributed by atoms with van der Waals surface area (Å²) < 4.78 is 5.68. The Balaban J connectivity index is 2.01. The van der Waals surface area contributed by atoms with E-state index in [1.807, 2.05) is 30.3 Å². The van der Waals surface area contributed by atoms with Crippen molar-refractivity contribution in [2.45, 2.75) is 18.9 Å². The van der Waals surface area contributed by atoms with Crippen LogP contribution in [0.4, 0.5) is 0 Å². The second-order valence-electron chi connectivity index (χ2n) is 4.76. The van der Waals surface area contributed by atoms with Crippen molar-refractivity contribution in [1.29, 1.82) is 0 Å². The molecule has 0 saturated heterocycles. The molecule has 2 aromatic rings. The molecule has 0 spiro atoms. The van der Waals surface area contributed by atoms with Gasteiger partial charge in [-0.15, -0.1) is 6.58 Å². The summed E-state index contributed by atoms with van der Waals surface area (Å²) in [6.45, 7) is 4.10. The van der Waals surface area contributed by atoms with E-state index in [1.165, 1.54) is 0 Å². The third-order valence-electron chi connectivity index (χ3n) is 3.23. The first-order valence-electron chi connectivity index (χ1n) is 6.81. The van der Waals surface area contributed by atoms with Crippen LogP contribution in [0.15, 0.2) is 67.3 Å². The van der Waals surface area contributed by atoms with Gasteiger partial charge >= 0.3 is 5.97 Å². The molecule has 0 saturated carbocycles. The summed E-state index contributed by atoms with van der Waals surface area (Å²) in [6, 6.07) is 17.1. The number of benzene rings is 2. The molecule has 0 aliphatic heterocycles. The molecule has 1 atom stereocenters. The lowest BCUT2D eigenvalue weighted by atomic mass is 9.96. The zero-order valence-electron chi connectivity index (χ0n) is 11.7. The first-order valence-corrected chi connectivity index (χ1v) is 6.81. The molecule has 21 heavy (non-hydrogen) atoms.